The number of nitrogens with one attached hydrogen (secondary N) is 1. The van der Waals surface area contributed by atoms with Crippen LogP contribution in [0.1, 0.15) is 16.1 Å². The second-order valence-corrected chi connectivity index (χ2v) is 4.68. The predicted octanol–water partition coefficient (Wildman–Crippen LogP) is 1.68. The van der Waals surface area contributed by atoms with E-state index in [1.807, 2.05) is 19.0 Å². The van der Waals surface area contributed by atoms with E-state index in [0.717, 1.165) is 0 Å². The third kappa shape index (κ3) is 2.77. The van der Waals surface area contributed by atoms with Crippen molar-refractivity contribution in [3.63, 3.8) is 0 Å². The molecule has 0 atom stereocenters. The van der Waals surface area contributed by atoms with Crippen LogP contribution in [0.5, 0.6) is 5.75 Å². The van der Waals surface area contributed by atoms with Crippen LogP contribution in [0.25, 0.3) is 11.3 Å². The lowest BCUT2D eigenvalue weighted by atomic mass is 10.1. The molecule has 0 aliphatic heterocycles. The Morgan fingerprint density at radius 1 is 1.40 bits per heavy atom. The molecule has 106 valence electrons. The number of benzene rings is 1. The van der Waals surface area contributed by atoms with Gasteiger partial charge in [0.1, 0.15) is 5.69 Å². The van der Waals surface area contributed by atoms with Crippen molar-refractivity contribution in [1.29, 1.82) is 0 Å². The standard InChI is InChI=1S/C13H14FN3O3/c1-17(2)6-7-3-8(12(18)9(14)4-7)10-5-11(13(19)20)16-15-10/h3-5,18H,6H2,1-2H3,(H,15,16)(H,19,20). The minimum Gasteiger partial charge on any atom is -0.504 e. The zero-order valence-corrected chi connectivity index (χ0v) is 11.0. The van der Waals surface area contributed by atoms with Crippen LogP contribution in [0.3, 0.4) is 0 Å². The van der Waals surface area contributed by atoms with Gasteiger partial charge < -0.3 is 15.1 Å². The number of carboxylic acids is 1. The Labute approximate surface area is 114 Å². The van der Waals surface area contributed by atoms with Crippen LogP contribution >= 0.6 is 0 Å². The van der Waals surface area contributed by atoms with Crippen molar-refractivity contribution in [3.8, 4) is 17.0 Å². The third-order valence-corrected chi connectivity index (χ3v) is 2.71. The molecule has 1 heterocycles. The summed E-state index contributed by atoms with van der Waals surface area (Å²) in [7, 11) is 3.67. The summed E-state index contributed by atoms with van der Waals surface area (Å²) in [6.07, 6.45) is 0. The molecular weight excluding hydrogens is 265 g/mol. The van der Waals surface area contributed by atoms with Crippen LogP contribution in [-0.2, 0) is 6.54 Å². The number of hydrogen-bond acceptors (Lipinski definition) is 4. The lowest BCUT2D eigenvalue weighted by Gasteiger charge is -2.12. The second-order valence-electron chi connectivity index (χ2n) is 4.68. The van der Waals surface area contributed by atoms with Crippen molar-refractivity contribution in [2.75, 3.05) is 14.1 Å². The number of aromatic amines is 1. The maximum atomic E-state index is 13.7. The number of aromatic hydroxyl groups is 1. The van der Waals surface area contributed by atoms with Gasteiger partial charge in [-0.3, -0.25) is 5.10 Å². The Bertz CT molecular complexity index is 652. The van der Waals surface area contributed by atoms with Gasteiger partial charge in [-0.05, 0) is 37.9 Å². The van der Waals surface area contributed by atoms with Gasteiger partial charge in [0.2, 0.25) is 0 Å². The lowest BCUT2D eigenvalue weighted by Crippen LogP contribution is -2.10. The van der Waals surface area contributed by atoms with Crippen molar-refractivity contribution >= 4 is 5.97 Å². The van der Waals surface area contributed by atoms with Crippen LogP contribution in [0.15, 0.2) is 18.2 Å². The molecule has 0 spiro atoms. The molecule has 0 aliphatic rings. The van der Waals surface area contributed by atoms with E-state index >= 15 is 0 Å². The molecular formula is C13H14FN3O3. The van der Waals surface area contributed by atoms with Crippen LogP contribution in [0.2, 0.25) is 0 Å². The Morgan fingerprint density at radius 3 is 2.65 bits per heavy atom. The Kier molecular flexibility index (Phi) is 3.71. The molecule has 0 radical (unpaired) electrons. The molecule has 6 nitrogen and oxygen atoms in total. The highest BCUT2D eigenvalue weighted by Crippen LogP contribution is 2.32. The fraction of sp³-hybridized carbons (Fsp3) is 0.231. The molecule has 0 saturated carbocycles. The van der Waals surface area contributed by atoms with Gasteiger partial charge in [-0.2, -0.15) is 5.10 Å². The largest absolute Gasteiger partial charge is 0.504 e. The number of carboxylic acid groups (broad SMARTS) is 1. The van der Waals surface area contributed by atoms with E-state index in [2.05, 4.69) is 10.2 Å². The first kappa shape index (κ1) is 14.0. The fourth-order valence-electron chi connectivity index (χ4n) is 1.88. The Balaban J connectivity index is 2.48. The monoisotopic (exact) mass is 279 g/mol. The van der Waals surface area contributed by atoms with Gasteiger partial charge in [-0.25, -0.2) is 9.18 Å². The summed E-state index contributed by atoms with van der Waals surface area (Å²) in [6.45, 7) is 0.487. The molecule has 1 aromatic carbocycles. The van der Waals surface area contributed by atoms with Crippen molar-refractivity contribution in [1.82, 2.24) is 15.1 Å². The average Bonchev–Trinajstić information content (AvgIpc) is 2.82. The van der Waals surface area contributed by atoms with Gasteiger partial charge in [-0.1, -0.05) is 0 Å². The molecule has 0 amide bonds. The molecule has 20 heavy (non-hydrogen) atoms. The second kappa shape index (κ2) is 5.30. The highest BCUT2D eigenvalue weighted by molar-refractivity contribution is 5.87. The zero-order chi connectivity index (χ0) is 14.9. The number of phenols is 1. The molecule has 0 saturated heterocycles. The summed E-state index contributed by atoms with van der Waals surface area (Å²) in [5.74, 6) is -2.48. The van der Waals surface area contributed by atoms with Gasteiger partial charge in [0, 0.05) is 12.1 Å². The molecule has 3 N–H and O–H groups in total. The van der Waals surface area contributed by atoms with Crippen molar-refractivity contribution in [2.24, 2.45) is 0 Å². The molecule has 2 rings (SSSR count). The number of rotatable bonds is 4. The minimum atomic E-state index is -1.17. The smallest absolute Gasteiger partial charge is 0.353 e. The van der Waals surface area contributed by atoms with Gasteiger partial charge in [0.15, 0.2) is 11.6 Å². The van der Waals surface area contributed by atoms with E-state index in [0.29, 0.717) is 12.1 Å². The summed E-state index contributed by atoms with van der Waals surface area (Å²) in [4.78, 5) is 12.6. The van der Waals surface area contributed by atoms with Crippen LogP contribution in [0, 0.1) is 5.82 Å². The first-order valence-corrected chi connectivity index (χ1v) is 5.83. The molecule has 2 aromatic rings. The summed E-state index contributed by atoms with van der Waals surface area (Å²) < 4.78 is 13.7. The fourth-order valence-corrected chi connectivity index (χ4v) is 1.88. The number of nitrogens with zero attached hydrogens (tertiary/aromatic N) is 2. The summed E-state index contributed by atoms with van der Waals surface area (Å²) in [5, 5.41) is 24.7. The van der Waals surface area contributed by atoms with Crippen molar-refractivity contribution in [3.05, 3.63) is 35.3 Å². The lowest BCUT2D eigenvalue weighted by molar-refractivity contribution is 0.0690. The maximum Gasteiger partial charge on any atom is 0.353 e. The van der Waals surface area contributed by atoms with E-state index in [4.69, 9.17) is 5.11 Å². The normalized spacial score (nSPS) is 11.0. The van der Waals surface area contributed by atoms with E-state index in [9.17, 15) is 14.3 Å². The Morgan fingerprint density at radius 2 is 2.10 bits per heavy atom. The number of H-pyrrole nitrogens is 1. The van der Waals surface area contributed by atoms with Gasteiger partial charge >= 0.3 is 5.97 Å². The number of carbonyl (C=O) groups is 1. The minimum absolute atomic E-state index is 0.127. The summed E-state index contributed by atoms with van der Waals surface area (Å²) >= 11 is 0. The number of aromatic carboxylic acids is 1. The van der Waals surface area contributed by atoms with Gasteiger partial charge in [0.25, 0.3) is 0 Å². The quantitative estimate of drug-likeness (QED) is 0.792. The molecule has 0 unspecified atom stereocenters. The van der Waals surface area contributed by atoms with Crippen LogP contribution in [-0.4, -0.2) is 45.4 Å². The molecule has 0 bridgehead atoms. The number of phenolic OH excluding ortho intramolecular Hbond substituents is 1. The third-order valence-electron chi connectivity index (χ3n) is 2.71. The number of aromatic nitrogens is 2. The predicted molar refractivity (Wildman–Crippen MR) is 70.0 cm³/mol. The van der Waals surface area contributed by atoms with Crippen molar-refractivity contribution in [2.45, 2.75) is 6.54 Å². The molecule has 1 aromatic heterocycles. The maximum absolute atomic E-state index is 13.7. The van der Waals surface area contributed by atoms with E-state index < -0.39 is 17.5 Å². The van der Waals surface area contributed by atoms with Crippen molar-refractivity contribution < 1.29 is 19.4 Å². The van der Waals surface area contributed by atoms with Crippen LogP contribution in [0.4, 0.5) is 4.39 Å². The highest BCUT2D eigenvalue weighted by Gasteiger charge is 2.16. The number of hydrogen-bond donors (Lipinski definition) is 3. The van der Waals surface area contributed by atoms with Gasteiger partial charge in [0.05, 0.1) is 5.69 Å². The van der Waals surface area contributed by atoms with E-state index in [-0.39, 0.29) is 17.0 Å². The molecule has 0 fully saturated rings. The Hall–Kier alpha value is -2.41. The molecule has 0 aliphatic carbocycles. The topological polar surface area (TPSA) is 89.5 Å². The highest BCUT2D eigenvalue weighted by atomic mass is 19.1. The van der Waals surface area contributed by atoms with Gasteiger partial charge in [-0.15, -0.1) is 0 Å². The van der Waals surface area contributed by atoms with Crippen LogP contribution < -0.4 is 0 Å². The average molecular weight is 279 g/mol. The summed E-state index contributed by atoms with van der Waals surface area (Å²) in [6, 6.07) is 4.07. The van der Waals surface area contributed by atoms with E-state index in [1.54, 1.807) is 6.07 Å². The number of halogens is 1. The molecule has 7 heteroatoms. The van der Waals surface area contributed by atoms with E-state index in [1.165, 1.54) is 12.1 Å². The first-order chi connectivity index (χ1) is 9.38. The zero-order valence-electron chi connectivity index (χ0n) is 11.0. The summed E-state index contributed by atoms with van der Waals surface area (Å²) in [5.41, 5.74) is 0.864. The SMILES string of the molecule is CN(C)Cc1cc(F)c(O)c(-c2cc(C(=O)O)[nH]n2)c1. The first-order valence-electron chi connectivity index (χ1n) is 5.83.